The molecule has 0 radical (unpaired) electrons. The van der Waals surface area contributed by atoms with Gasteiger partial charge in [0.1, 0.15) is 10.6 Å². The van der Waals surface area contributed by atoms with Crippen LogP contribution in [0.4, 0.5) is 5.69 Å². The number of nitrogens with one attached hydrogen (secondary N) is 1. The highest BCUT2D eigenvalue weighted by molar-refractivity contribution is 7.92. The average Bonchev–Trinajstić information content (AvgIpc) is 3.10. The maximum atomic E-state index is 12.6. The summed E-state index contributed by atoms with van der Waals surface area (Å²) in [7, 11) is -2.30. The van der Waals surface area contributed by atoms with Gasteiger partial charge in [-0.1, -0.05) is 6.07 Å². The molecule has 6 nitrogen and oxygen atoms in total. The molecule has 1 aromatic heterocycles. The van der Waals surface area contributed by atoms with Gasteiger partial charge in [0.2, 0.25) is 0 Å². The molecule has 1 N–H and O–H groups in total. The topological polar surface area (TPSA) is 73.2 Å². The fraction of sp³-hybridized carbons (Fsp3) is 0.118. The van der Waals surface area contributed by atoms with Crippen LogP contribution >= 0.6 is 0 Å². The van der Waals surface area contributed by atoms with E-state index in [4.69, 9.17) is 4.74 Å². The smallest absolute Gasteiger partial charge is 0.265 e. The Balaban J connectivity index is 1.88. The van der Waals surface area contributed by atoms with Crippen LogP contribution in [0.2, 0.25) is 0 Å². The van der Waals surface area contributed by atoms with E-state index in [1.807, 2.05) is 19.2 Å². The Kier molecular flexibility index (Phi) is 4.26. The highest BCUT2D eigenvalue weighted by Crippen LogP contribution is 2.27. The molecular weight excluding hydrogens is 326 g/mol. The van der Waals surface area contributed by atoms with E-state index in [1.165, 1.54) is 7.11 Å². The Hall–Kier alpha value is -2.80. The van der Waals surface area contributed by atoms with Crippen molar-refractivity contribution in [3.8, 4) is 11.4 Å². The number of anilines is 1. The van der Waals surface area contributed by atoms with Crippen LogP contribution in [0.5, 0.6) is 5.75 Å². The molecule has 0 aliphatic rings. The lowest BCUT2D eigenvalue weighted by molar-refractivity contribution is 0.402. The molecule has 0 saturated heterocycles. The number of rotatable bonds is 5. The first-order chi connectivity index (χ1) is 11.5. The van der Waals surface area contributed by atoms with Gasteiger partial charge in [-0.05, 0) is 55.0 Å². The molecule has 0 aliphatic carbocycles. The number of hydrogen-bond acceptors (Lipinski definition) is 4. The van der Waals surface area contributed by atoms with Gasteiger partial charge >= 0.3 is 0 Å². The number of hydrogen-bond donors (Lipinski definition) is 1. The van der Waals surface area contributed by atoms with Crippen LogP contribution in [-0.4, -0.2) is 25.3 Å². The summed E-state index contributed by atoms with van der Waals surface area (Å²) < 4.78 is 34.7. The number of aryl methyl sites for hydroxylation is 1. The van der Waals surface area contributed by atoms with Gasteiger partial charge in [-0.15, -0.1) is 0 Å². The average molecular weight is 343 g/mol. The largest absolute Gasteiger partial charge is 0.495 e. The molecule has 0 bridgehead atoms. The van der Waals surface area contributed by atoms with Crippen LogP contribution in [0.1, 0.15) is 5.56 Å². The van der Waals surface area contributed by atoms with Crippen LogP contribution in [0.15, 0.2) is 65.8 Å². The van der Waals surface area contributed by atoms with Gasteiger partial charge in [-0.3, -0.25) is 4.72 Å². The maximum Gasteiger partial charge on any atom is 0.265 e. The molecule has 24 heavy (non-hydrogen) atoms. The zero-order valence-corrected chi connectivity index (χ0v) is 14.1. The van der Waals surface area contributed by atoms with Gasteiger partial charge in [0.25, 0.3) is 10.0 Å². The number of benzene rings is 2. The van der Waals surface area contributed by atoms with Crippen molar-refractivity contribution in [2.45, 2.75) is 11.8 Å². The van der Waals surface area contributed by atoms with E-state index in [1.54, 1.807) is 53.3 Å². The lowest BCUT2D eigenvalue weighted by Gasteiger charge is -2.12. The first-order valence-electron chi connectivity index (χ1n) is 7.27. The molecule has 7 heteroatoms. The zero-order valence-electron chi connectivity index (χ0n) is 13.3. The quantitative estimate of drug-likeness (QED) is 0.773. The fourth-order valence-corrected chi connectivity index (χ4v) is 3.62. The SMILES string of the molecule is COc1ccc(C)cc1S(=O)(=O)Nc1ccc(-n2cccn2)cc1. The molecule has 1 heterocycles. The highest BCUT2D eigenvalue weighted by Gasteiger charge is 2.19. The van der Waals surface area contributed by atoms with E-state index >= 15 is 0 Å². The molecule has 124 valence electrons. The van der Waals surface area contributed by atoms with Crippen LogP contribution in [0.25, 0.3) is 5.69 Å². The summed E-state index contributed by atoms with van der Waals surface area (Å²) in [6.45, 7) is 1.83. The summed E-state index contributed by atoms with van der Waals surface area (Å²) >= 11 is 0. The third-order valence-corrected chi connectivity index (χ3v) is 4.90. The summed E-state index contributed by atoms with van der Waals surface area (Å²) in [5, 5.41) is 4.13. The van der Waals surface area contributed by atoms with Crippen molar-refractivity contribution >= 4 is 15.7 Å². The monoisotopic (exact) mass is 343 g/mol. The summed E-state index contributed by atoms with van der Waals surface area (Å²) in [5.41, 5.74) is 2.15. The minimum atomic E-state index is -3.74. The number of sulfonamides is 1. The first-order valence-corrected chi connectivity index (χ1v) is 8.75. The molecule has 0 aliphatic heterocycles. The normalized spacial score (nSPS) is 11.2. The van der Waals surface area contributed by atoms with Crippen LogP contribution < -0.4 is 9.46 Å². The molecule has 3 aromatic rings. The van der Waals surface area contributed by atoms with E-state index in [9.17, 15) is 8.42 Å². The molecule has 0 unspecified atom stereocenters. The van der Waals surface area contributed by atoms with Gasteiger partial charge in [-0.25, -0.2) is 13.1 Å². The molecule has 0 spiro atoms. The molecule has 0 fully saturated rings. The predicted molar refractivity (Wildman–Crippen MR) is 92.1 cm³/mol. The van der Waals surface area contributed by atoms with Gasteiger partial charge in [-0.2, -0.15) is 5.10 Å². The predicted octanol–water partition coefficient (Wildman–Crippen LogP) is 2.99. The van der Waals surface area contributed by atoms with E-state index in [0.717, 1.165) is 11.3 Å². The summed E-state index contributed by atoms with van der Waals surface area (Å²) in [4.78, 5) is 0.112. The van der Waals surface area contributed by atoms with Gasteiger partial charge < -0.3 is 4.74 Å². The molecule has 3 rings (SSSR count). The van der Waals surface area contributed by atoms with E-state index in [2.05, 4.69) is 9.82 Å². The maximum absolute atomic E-state index is 12.6. The summed E-state index contributed by atoms with van der Waals surface area (Å²) in [6.07, 6.45) is 3.50. The Morgan fingerprint density at radius 2 is 1.88 bits per heavy atom. The van der Waals surface area contributed by atoms with Crippen LogP contribution in [0, 0.1) is 6.92 Å². The molecule has 0 amide bonds. The molecule has 0 saturated carbocycles. The van der Waals surface area contributed by atoms with Crippen molar-refractivity contribution in [3.05, 3.63) is 66.5 Å². The number of aromatic nitrogens is 2. The van der Waals surface area contributed by atoms with Crippen LogP contribution in [0.3, 0.4) is 0 Å². The highest BCUT2D eigenvalue weighted by atomic mass is 32.2. The Morgan fingerprint density at radius 3 is 2.50 bits per heavy atom. The van der Waals surface area contributed by atoms with E-state index in [-0.39, 0.29) is 4.90 Å². The van der Waals surface area contributed by atoms with Crippen molar-refractivity contribution in [2.75, 3.05) is 11.8 Å². The van der Waals surface area contributed by atoms with Crippen molar-refractivity contribution in [2.24, 2.45) is 0 Å². The second-order valence-electron chi connectivity index (χ2n) is 5.26. The van der Waals surface area contributed by atoms with Crippen molar-refractivity contribution in [1.29, 1.82) is 0 Å². The molecule has 2 aromatic carbocycles. The van der Waals surface area contributed by atoms with Gasteiger partial charge in [0, 0.05) is 18.1 Å². The number of methoxy groups -OCH3 is 1. The van der Waals surface area contributed by atoms with Gasteiger partial charge in [0.15, 0.2) is 0 Å². The van der Waals surface area contributed by atoms with E-state index < -0.39 is 10.0 Å². The Labute approximate surface area is 140 Å². The van der Waals surface area contributed by atoms with E-state index in [0.29, 0.717) is 11.4 Å². The molecule has 0 atom stereocenters. The second-order valence-corrected chi connectivity index (χ2v) is 6.91. The minimum absolute atomic E-state index is 0.112. The lowest BCUT2D eigenvalue weighted by atomic mass is 10.2. The summed E-state index contributed by atoms with van der Waals surface area (Å²) in [5.74, 6) is 0.307. The van der Waals surface area contributed by atoms with Gasteiger partial charge in [0.05, 0.1) is 12.8 Å². The lowest BCUT2D eigenvalue weighted by Crippen LogP contribution is -2.14. The first kappa shape index (κ1) is 16.1. The summed E-state index contributed by atoms with van der Waals surface area (Å²) in [6, 6.07) is 13.8. The molecular formula is C17H17N3O3S. The minimum Gasteiger partial charge on any atom is -0.495 e. The fourth-order valence-electron chi connectivity index (χ4n) is 2.31. The number of nitrogens with zero attached hydrogens (tertiary/aromatic N) is 2. The second kappa shape index (κ2) is 6.37. The van der Waals surface area contributed by atoms with Crippen molar-refractivity contribution in [1.82, 2.24) is 9.78 Å². The number of ether oxygens (including phenoxy) is 1. The standard InChI is InChI=1S/C17H17N3O3S/c1-13-4-9-16(23-2)17(12-13)24(21,22)19-14-5-7-15(8-6-14)20-11-3-10-18-20/h3-12,19H,1-2H3. The third-order valence-electron chi connectivity index (χ3n) is 3.50. The Morgan fingerprint density at radius 1 is 1.12 bits per heavy atom. The Bertz CT molecular complexity index is 934. The van der Waals surface area contributed by atoms with Crippen LogP contribution in [-0.2, 0) is 10.0 Å². The van der Waals surface area contributed by atoms with Crippen molar-refractivity contribution < 1.29 is 13.2 Å². The zero-order chi connectivity index (χ0) is 17.2. The van der Waals surface area contributed by atoms with Crippen molar-refractivity contribution in [3.63, 3.8) is 0 Å². The third kappa shape index (κ3) is 3.26.